The number of nitrogens with one attached hydrogen (secondary N) is 1. The molecule has 0 amide bonds. The highest BCUT2D eigenvalue weighted by Gasteiger charge is 2.13. The molecule has 2 rings (SSSR count). The van der Waals surface area contributed by atoms with E-state index in [1.54, 1.807) is 18.2 Å². The van der Waals surface area contributed by atoms with E-state index in [0.29, 0.717) is 28.5 Å². The molecule has 2 aromatic carbocycles. The summed E-state index contributed by atoms with van der Waals surface area (Å²) in [5.41, 5.74) is 8.44. The van der Waals surface area contributed by atoms with Gasteiger partial charge in [0, 0.05) is 11.6 Å². The van der Waals surface area contributed by atoms with Crippen molar-refractivity contribution in [3.8, 4) is 0 Å². The summed E-state index contributed by atoms with van der Waals surface area (Å²) in [6, 6.07) is 12.6. The van der Waals surface area contributed by atoms with Gasteiger partial charge >= 0.3 is 5.97 Å². The summed E-state index contributed by atoms with van der Waals surface area (Å²) in [5, 5.41) is 3.85. The Kier molecular flexibility index (Phi) is 4.48. The van der Waals surface area contributed by atoms with E-state index in [1.807, 2.05) is 24.3 Å². The van der Waals surface area contributed by atoms with E-state index in [1.165, 1.54) is 7.11 Å². The molecule has 0 aromatic heterocycles. The Morgan fingerprint density at radius 2 is 1.95 bits per heavy atom. The maximum absolute atomic E-state index is 11.7. The average Bonchev–Trinajstić information content (AvgIpc) is 2.46. The maximum Gasteiger partial charge on any atom is 0.340 e. The van der Waals surface area contributed by atoms with Crippen LogP contribution in [0, 0.1) is 0 Å². The van der Waals surface area contributed by atoms with Gasteiger partial charge in [-0.2, -0.15) is 0 Å². The second kappa shape index (κ2) is 6.30. The van der Waals surface area contributed by atoms with Gasteiger partial charge < -0.3 is 15.8 Å². The van der Waals surface area contributed by atoms with Crippen molar-refractivity contribution in [2.45, 2.75) is 6.54 Å². The monoisotopic (exact) mass is 290 g/mol. The molecule has 20 heavy (non-hydrogen) atoms. The molecule has 0 bridgehead atoms. The highest BCUT2D eigenvalue weighted by molar-refractivity contribution is 6.30. The number of para-hydroxylation sites is 1. The highest BCUT2D eigenvalue weighted by Crippen LogP contribution is 2.25. The lowest BCUT2D eigenvalue weighted by molar-refractivity contribution is 0.0602. The lowest BCUT2D eigenvalue weighted by atomic mass is 10.1. The first-order valence-corrected chi connectivity index (χ1v) is 6.44. The SMILES string of the molecule is COC(=O)c1cccc(N)c1NCc1ccc(Cl)cc1. The number of halogens is 1. The zero-order chi connectivity index (χ0) is 14.5. The predicted octanol–water partition coefficient (Wildman–Crippen LogP) is 3.32. The van der Waals surface area contributed by atoms with Gasteiger partial charge in [-0.25, -0.2) is 4.79 Å². The average molecular weight is 291 g/mol. The molecule has 0 aliphatic carbocycles. The number of rotatable bonds is 4. The van der Waals surface area contributed by atoms with Gasteiger partial charge in [0.15, 0.2) is 0 Å². The summed E-state index contributed by atoms with van der Waals surface area (Å²) in [7, 11) is 1.34. The minimum atomic E-state index is -0.420. The van der Waals surface area contributed by atoms with Crippen LogP contribution in [-0.4, -0.2) is 13.1 Å². The number of hydrogen-bond acceptors (Lipinski definition) is 4. The fourth-order valence-corrected chi connectivity index (χ4v) is 1.97. The fourth-order valence-electron chi connectivity index (χ4n) is 1.84. The molecule has 0 saturated carbocycles. The van der Waals surface area contributed by atoms with Gasteiger partial charge in [0.05, 0.1) is 24.0 Å². The van der Waals surface area contributed by atoms with E-state index in [9.17, 15) is 4.79 Å². The zero-order valence-corrected chi connectivity index (χ0v) is 11.8. The Labute approximate surface area is 122 Å². The normalized spacial score (nSPS) is 10.1. The molecule has 0 radical (unpaired) electrons. The van der Waals surface area contributed by atoms with Crippen LogP contribution in [0.15, 0.2) is 42.5 Å². The second-order valence-electron chi connectivity index (χ2n) is 4.24. The first kappa shape index (κ1) is 14.2. The van der Waals surface area contributed by atoms with Crippen molar-refractivity contribution < 1.29 is 9.53 Å². The zero-order valence-electron chi connectivity index (χ0n) is 11.0. The Balaban J connectivity index is 2.20. The van der Waals surface area contributed by atoms with E-state index in [2.05, 4.69) is 5.32 Å². The molecule has 5 heteroatoms. The Morgan fingerprint density at radius 3 is 2.60 bits per heavy atom. The van der Waals surface area contributed by atoms with Crippen molar-refractivity contribution in [2.75, 3.05) is 18.2 Å². The summed E-state index contributed by atoms with van der Waals surface area (Å²) in [6.45, 7) is 0.537. The third-order valence-electron chi connectivity index (χ3n) is 2.88. The van der Waals surface area contributed by atoms with E-state index in [4.69, 9.17) is 22.1 Å². The fraction of sp³-hybridized carbons (Fsp3) is 0.133. The predicted molar refractivity (Wildman–Crippen MR) is 81.0 cm³/mol. The van der Waals surface area contributed by atoms with E-state index in [0.717, 1.165) is 5.56 Å². The summed E-state index contributed by atoms with van der Waals surface area (Å²) in [6.07, 6.45) is 0. The number of carbonyl (C=O) groups is 1. The van der Waals surface area contributed by atoms with Crippen molar-refractivity contribution in [3.05, 3.63) is 58.6 Å². The maximum atomic E-state index is 11.7. The topological polar surface area (TPSA) is 64.3 Å². The third-order valence-corrected chi connectivity index (χ3v) is 3.14. The van der Waals surface area contributed by atoms with Gasteiger partial charge in [0.2, 0.25) is 0 Å². The van der Waals surface area contributed by atoms with Gasteiger partial charge in [0.1, 0.15) is 0 Å². The quantitative estimate of drug-likeness (QED) is 0.670. The van der Waals surface area contributed by atoms with Gasteiger partial charge in [-0.05, 0) is 29.8 Å². The molecule has 0 spiro atoms. The van der Waals surface area contributed by atoms with Crippen LogP contribution in [-0.2, 0) is 11.3 Å². The number of hydrogen-bond donors (Lipinski definition) is 2. The summed E-state index contributed by atoms with van der Waals surface area (Å²) < 4.78 is 4.75. The van der Waals surface area contributed by atoms with Crippen LogP contribution < -0.4 is 11.1 Å². The summed E-state index contributed by atoms with van der Waals surface area (Å²) in [4.78, 5) is 11.7. The molecule has 0 fully saturated rings. The van der Waals surface area contributed by atoms with Gasteiger partial charge in [-0.3, -0.25) is 0 Å². The second-order valence-corrected chi connectivity index (χ2v) is 4.68. The highest BCUT2D eigenvalue weighted by atomic mass is 35.5. The van der Waals surface area contributed by atoms with Crippen LogP contribution >= 0.6 is 11.6 Å². The molecule has 0 unspecified atom stereocenters. The number of methoxy groups -OCH3 is 1. The lowest BCUT2D eigenvalue weighted by Gasteiger charge is -2.13. The molecular weight excluding hydrogens is 276 g/mol. The van der Waals surface area contributed by atoms with Crippen LogP contribution in [0.3, 0.4) is 0 Å². The van der Waals surface area contributed by atoms with Gasteiger partial charge in [0.25, 0.3) is 0 Å². The smallest absolute Gasteiger partial charge is 0.340 e. The van der Waals surface area contributed by atoms with Gasteiger partial charge in [-0.1, -0.05) is 29.8 Å². The molecule has 104 valence electrons. The Morgan fingerprint density at radius 1 is 1.25 bits per heavy atom. The minimum absolute atomic E-state index is 0.418. The number of nitrogens with two attached hydrogens (primary N) is 1. The third kappa shape index (κ3) is 3.22. The number of ether oxygens (including phenoxy) is 1. The van der Waals surface area contributed by atoms with Crippen molar-refractivity contribution >= 4 is 28.9 Å². The number of carbonyl (C=O) groups excluding carboxylic acids is 1. The minimum Gasteiger partial charge on any atom is -0.465 e. The van der Waals surface area contributed by atoms with Crippen molar-refractivity contribution in [1.82, 2.24) is 0 Å². The Bertz CT molecular complexity index is 612. The molecule has 0 saturated heterocycles. The van der Waals surface area contributed by atoms with Gasteiger partial charge in [-0.15, -0.1) is 0 Å². The van der Waals surface area contributed by atoms with Crippen molar-refractivity contribution in [3.63, 3.8) is 0 Å². The lowest BCUT2D eigenvalue weighted by Crippen LogP contribution is -2.10. The standard InChI is InChI=1S/C15H15ClN2O2/c1-20-15(19)12-3-2-4-13(17)14(12)18-9-10-5-7-11(16)8-6-10/h2-8,18H,9,17H2,1H3. The first-order valence-electron chi connectivity index (χ1n) is 6.07. The van der Waals surface area contributed by atoms with Crippen molar-refractivity contribution in [1.29, 1.82) is 0 Å². The summed E-state index contributed by atoms with van der Waals surface area (Å²) in [5.74, 6) is -0.420. The first-order chi connectivity index (χ1) is 9.61. The van der Waals surface area contributed by atoms with Crippen LogP contribution in [0.25, 0.3) is 0 Å². The molecule has 4 nitrogen and oxygen atoms in total. The number of anilines is 2. The van der Waals surface area contributed by atoms with E-state index >= 15 is 0 Å². The molecule has 0 heterocycles. The molecular formula is C15H15ClN2O2. The molecule has 2 aromatic rings. The number of benzene rings is 2. The van der Waals surface area contributed by atoms with Crippen LogP contribution in [0.4, 0.5) is 11.4 Å². The molecule has 0 aliphatic rings. The van der Waals surface area contributed by atoms with Crippen LogP contribution in [0.5, 0.6) is 0 Å². The largest absolute Gasteiger partial charge is 0.465 e. The molecule has 3 N–H and O–H groups in total. The molecule has 0 aliphatic heterocycles. The Hall–Kier alpha value is -2.20. The van der Waals surface area contributed by atoms with E-state index in [-0.39, 0.29) is 0 Å². The number of nitrogen functional groups attached to an aromatic ring is 1. The van der Waals surface area contributed by atoms with E-state index < -0.39 is 5.97 Å². The molecule has 0 atom stereocenters. The summed E-state index contributed by atoms with van der Waals surface area (Å²) >= 11 is 5.84. The number of esters is 1. The van der Waals surface area contributed by atoms with Crippen LogP contribution in [0.2, 0.25) is 5.02 Å². The van der Waals surface area contributed by atoms with Crippen LogP contribution in [0.1, 0.15) is 15.9 Å². The van der Waals surface area contributed by atoms with Crippen molar-refractivity contribution in [2.24, 2.45) is 0 Å².